The number of benzene rings is 1. The number of sulfonamides is 1. The Morgan fingerprint density at radius 3 is 2.59 bits per heavy atom. The van der Waals surface area contributed by atoms with Gasteiger partial charge in [-0.2, -0.15) is 0 Å². The molecule has 0 aromatic heterocycles. The normalized spacial score (nSPS) is 16.3. The highest BCUT2D eigenvalue weighted by atomic mass is 127. The van der Waals surface area contributed by atoms with Crippen molar-refractivity contribution < 1.29 is 13.2 Å². The number of nitrogens with one attached hydrogen (secondary N) is 2. The first-order valence-electron chi connectivity index (χ1n) is 10.1. The van der Waals surface area contributed by atoms with E-state index in [4.69, 9.17) is 9.88 Å². The number of hydrogen-bond acceptors (Lipinski definition) is 4. The van der Waals surface area contributed by atoms with Crippen LogP contribution in [-0.4, -0.2) is 40.7 Å². The van der Waals surface area contributed by atoms with Crippen molar-refractivity contribution >= 4 is 40.0 Å². The topological polar surface area (TPSA) is 106 Å². The summed E-state index contributed by atoms with van der Waals surface area (Å²) in [5.41, 5.74) is 1.06. The highest BCUT2D eigenvalue weighted by Crippen LogP contribution is 2.40. The van der Waals surface area contributed by atoms with Crippen molar-refractivity contribution in [3.63, 3.8) is 0 Å². The van der Waals surface area contributed by atoms with Gasteiger partial charge < -0.3 is 15.4 Å². The van der Waals surface area contributed by atoms with E-state index in [1.807, 2.05) is 19.9 Å². The number of nitrogens with zero attached hydrogens (tertiary/aromatic N) is 1. The van der Waals surface area contributed by atoms with Gasteiger partial charge in [-0.05, 0) is 56.2 Å². The van der Waals surface area contributed by atoms with E-state index in [1.54, 1.807) is 12.1 Å². The Hall–Kier alpha value is -0.910. The van der Waals surface area contributed by atoms with Crippen molar-refractivity contribution in [2.24, 2.45) is 15.5 Å². The highest BCUT2D eigenvalue weighted by Gasteiger charge is 2.33. The van der Waals surface area contributed by atoms with Crippen molar-refractivity contribution in [3.8, 4) is 0 Å². The monoisotopic (exact) mass is 538 g/mol. The van der Waals surface area contributed by atoms with Crippen LogP contribution in [0.25, 0.3) is 0 Å². The second-order valence-corrected chi connectivity index (χ2v) is 8.96. The maximum atomic E-state index is 11.5. The minimum Gasteiger partial charge on any atom is -0.382 e. The van der Waals surface area contributed by atoms with Gasteiger partial charge in [0.25, 0.3) is 0 Å². The molecule has 0 saturated heterocycles. The van der Waals surface area contributed by atoms with Crippen molar-refractivity contribution in [2.75, 3.05) is 26.3 Å². The molecule has 0 spiro atoms. The van der Waals surface area contributed by atoms with Crippen LogP contribution in [0.4, 0.5) is 0 Å². The van der Waals surface area contributed by atoms with E-state index in [0.29, 0.717) is 6.54 Å². The van der Waals surface area contributed by atoms with E-state index in [0.717, 1.165) is 44.2 Å². The maximum Gasteiger partial charge on any atom is 0.238 e. The van der Waals surface area contributed by atoms with E-state index >= 15 is 0 Å². The zero-order valence-electron chi connectivity index (χ0n) is 17.4. The molecule has 9 heteroatoms. The number of aliphatic imine (C=N–C) groups is 1. The molecular weight excluding hydrogens is 503 g/mol. The van der Waals surface area contributed by atoms with E-state index < -0.39 is 10.0 Å². The smallest absolute Gasteiger partial charge is 0.238 e. The molecule has 7 nitrogen and oxygen atoms in total. The average molecular weight is 538 g/mol. The van der Waals surface area contributed by atoms with Gasteiger partial charge in [-0.3, -0.25) is 0 Å². The number of hydrogen-bond donors (Lipinski definition) is 3. The van der Waals surface area contributed by atoms with Crippen LogP contribution < -0.4 is 15.8 Å². The van der Waals surface area contributed by atoms with Crippen LogP contribution in [0.1, 0.15) is 51.5 Å². The first-order valence-corrected chi connectivity index (χ1v) is 11.6. The fourth-order valence-corrected chi connectivity index (χ4v) is 4.26. The Morgan fingerprint density at radius 2 is 1.97 bits per heavy atom. The Kier molecular flexibility index (Phi) is 11.4. The predicted octanol–water partition coefficient (Wildman–Crippen LogP) is 2.99. The summed E-state index contributed by atoms with van der Waals surface area (Å²) in [6.07, 6.45) is 6.01. The van der Waals surface area contributed by atoms with E-state index in [1.165, 1.54) is 31.7 Å². The molecule has 2 rings (SSSR count). The third kappa shape index (κ3) is 8.77. The zero-order valence-corrected chi connectivity index (χ0v) is 20.6. The number of halogens is 1. The van der Waals surface area contributed by atoms with Crippen LogP contribution in [0.2, 0.25) is 0 Å². The van der Waals surface area contributed by atoms with Crippen molar-refractivity contribution in [2.45, 2.75) is 57.4 Å². The van der Waals surface area contributed by atoms with E-state index in [-0.39, 0.29) is 34.3 Å². The lowest BCUT2D eigenvalue weighted by atomic mass is 9.83. The van der Waals surface area contributed by atoms with Gasteiger partial charge in [0.2, 0.25) is 10.0 Å². The molecular formula is C20H35IN4O3S. The predicted molar refractivity (Wildman–Crippen MR) is 128 cm³/mol. The van der Waals surface area contributed by atoms with Gasteiger partial charge in [-0.15, -0.1) is 24.0 Å². The minimum absolute atomic E-state index is 0. The van der Waals surface area contributed by atoms with Crippen molar-refractivity contribution in [1.29, 1.82) is 0 Å². The SMILES string of the molecule is CCNC(=NCc1cccc(S(N)(=O)=O)c1)NCC1(CCOCC)CCCC1.I. The quantitative estimate of drug-likeness (QED) is 0.184. The summed E-state index contributed by atoms with van der Waals surface area (Å²) in [7, 11) is -3.71. The minimum atomic E-state index is -3.71. The summed E-state index contributed by atoms with van der Waals surface area (Å²) >= 11 is 0. The van der Waals surface area contributed by atoms with Crippen LogP contribution in [-0.2, 0) is 21.3 Å². The van der Waals surface area contributed by atoms with E-state index in [2.05, 4.69) is 15.6 Å². The summed E-state index contributed by atoms with van der Waals surface area (Å²) < 4.78 is 28.6. The second-order valence-electron chi connectivity index (χ2n) is 7.40. The molecule has 1 saturated carbocycles. The van der Waals surface area contributed by atoms with Crippen molar-refractivity contribution in [1.82, 2.24) is 10.6 Å². The molecule has 0 bridgehead atoms. The van der Waals surface area contributed by atoms with Crippen LogP contribution in [0.5, 0.6) is 0 Å². The summed E-state index contributed by atoms with van der Waals surface area (Å²) in [4.78, 5) is 4.73. The van der Waals surface area contributed by atoms with Gasteiger partial charge in [-0.25, -0.2) is 18.5 Å². The first-order chi connectivity index (χ1) is 13.4. The first kappa shape index (κ1) is 26.1. The summed E-state index contributed by atoms with van der Waals surface area (Å²) in [5.74, 6) is 0.742. The van der Waals surface area contributed by atoms with Gasteiger partial charge >= 0.3 is 0 Å². The lowest BCUT2D eigenvalue weighted by molar-refractivity contribution is 0.105. The fourth-order valence-electron chi connectivity index (χ4n) is 3.68. The fraction of sp³-hybridized carbons (Fsp3) is 0.650. The standard InChI is InChI=1S/C20H34N4O3S.HI/c1-3-22-19(23-15-17-8-7-9-18(14-17)28(21,25)26)24-16-20(10-5-6-11-20)12-13-27-4-2;/h7-9,14H,3-6,10-13,15-16H2,1-2H3,(H2,21,25,26)(H2,22,23,24);1H. The second kappa shape index (κ2) is 12.7. The third-order valence-electron chi connectivity index (χ3n) is 5.27. The van der Waals surface area contributed by atoms with Crippen LogP contribution in [0, 0.1) is 5.41 Å². The molecule has 0 unspecified atom stereocenters. The molecule has 29 heavy (non-hydrogen) atoms. The number of nitrogens with two attached hydrogens (primary N) is 1. The summed E-state index contributed by atoms with van der Waals surface area (Å²) in [5, 5.41) is 12.0. The number of guanidine groups is 1. The van der Waals surface area contributed by atoms with Crippen LogP contribution in [0.15, 0.2) is 34.2 Å². The average Bonchev–Trinajstić information content (AvgIpc) is 3.13. The van der Waals surface area contributed by atoms with E-state index in [9.17, 15) is 8.42 Å². The number of rotatable bonds is 10. The van der Waals surface area contributed by atoms with Gasteiger partial charge in [0, 0.05) is 26.3 Å². The molecule has 0 aliphatic heterocycles. The Morgan fingerprint density at radius 1 is 1.24 bits per heavy atom. The number of ether oxygens (including phenoxy) is 1. The molecule has 1 fully saturated rings. The van der Waals surface area contributed by atoms with Gasteiger partial charge in [0.1, 0.15) is 0 Å². The molecule has 0 radical (unpaired) electrons. The Bertz CT molecular complexity index is 750. The summed E-state index contributed by atoms with van der Waals surface area (Å²) in [6, 6.07) is 6.60. The molecule has 0 atom stereocenters. The van der Waals surface area contributed by atoms with Crippen molar-refractivity contribution in [3.05, 3.63) is 29.8 Å². The molecule has 1 aliphatic rings. The molecule has 1 aromatic rings. The lowest BCUT2D eigenvalue weighted by Gasteiger charge is -2.30. The highest BCUT2D eigenvalue weighted by molar-refractivity contribution is 14.0. The van der Waals surface area contributed by atoms with Gasteiger partial charge in [0.15, 0.2) is 5.96 Å². The van der Waals surface area contributed by atoms with Gasteiger partial charge in [0.05, 0.1) is 11.4 Å². The lowest BCUT2D eigenvalue weighted by Crippen LogP contribution is -2.43. The molecule has 0 heterocycles. The van der Waals surface area contributed by atoms with Crippen LogP contribution >= 0.6 is 24.0 Å². The van der Waals surface area contributed by atoms with Gasteiger partial charge in [-0.1, -0.05) is 25.0 Å². The molecule has 166 valence electrons. The largest absolute Gasteiger partial charge is 0.382 e. The maximum absolute atomic E-state index is 11.5. The Balaban J connectivity index is 0.00000420. The zero-order chi connectivity index (χ0) is 20.5. The third-order valence-corrected chi connectivity index (χ3v) is 6.18. The van der Waals surface area contributed by atoms with Crippen LogP contribution in [0.3, 0.4) is 0 Å². The number of primary sulfonamides is 1. The molecule has 1 aliphatic carbocycles. The summed E-state index contributed by atoms with van der Waals surface area (Å²) in [6.45, 7) is 7.61. The molecule has 1 aromatic carbocycles. The Labute approximate surface area is 192 Å². The molecule has 4 N–H and O–H groups in total. The molecule has 0 amide bonds.